The fourth-order valence-electron chi connectivity index (χ4n) is 7.65. The van der Waals surface area contributed by atoms with Crippen molar-refractivity contribution in [3.63, 3.8) is 0 Å². The number of benzene rings is 2. The maximum absolute atomic E-state index is 14.3. The third-order valence-corrected chi connectivity index (χ3v) is 11.0. The molecule has 2 aromatic rings. The molecular formula is C43H54N4O7. The molecule has 0 aromatic heterocycles. The molecule has 11 nitrogen and oxygen atoms in total. The van der Waals surface area contributed by atoms with Crippen molar-refractivity contribution < 1.29 is 33.6 Å². The van der Waals surface area contributed by atoms with Gasteiger partial charge in [-0.1, -0.05) is 112 Å². The highest BCUT2D eigenvalue weighted by Crippen LogP contribution is 2.35. The molecule has 2 aromatic carbocycles. The van der Waals surface area contributed by atoms with Crippen LogP contribution >= 0.6 is 0 Å². The zero-order valence-corrected chi connectivity index (χ0v) is 31.1. The van der Waals surface area contributed by atoms with Gasteiger partial charge >= 0.3 is 0 Å². The van der Waals surface area contributed by atoms with Crippen LogP contribution in [0.4, 0.5) is 0 Å². The van der Waals surface area contributed by atoms with Crippen molar-refractivity contribution >= 4 is 41.0 Å². The van der Waals surface area contributed by atoms with Gasteiger partial charge in [0.2, 0.25) is 23.6 Å². The van der Waals surface area contributed by atoms with Crippen LogP contribution in [0.25, 0.3) is 0 Å². The Labute approximate surface area is 317 Å². The number of primary amides is 1. The van der Waals surface area contributed by atoms with Crippen LogP contribution in [-0.4, -0.2) is 59.1 Å². The molecule has 5 N–H and O–H groups in total. The van der Waals surface area contributed by atoms with Gasteiger partial charge in [-0.15, -0.1) is 0 Å². The quantitative estimate of drug-likeness (QED) is 0.266. The number of ketones is 3. The van der Waals surface area contributed by atoms with Gasteiger partial charge in [-0.3, -0.25) is 33.6 Å². The summed E-state index contributed by atoms with van der Waals surface area (Å²) in [5, 5.41) is 8.37. The molecule has 2 saturated carbocycles. The number of amides is 4. The molecule has 0 radical (unpaired) electrons. The molecule has 4 amide bonds. The summed E-state index contributed by atoms with van der Waals surface area (Å²) in [6.45, 7) is 0. The molecule has 1 aliphatic heterocycles. The standard InChI is InChI=1S/C43H54N4O7/c44-42(53)34-14-8-3-9-15-37(48)35(25-30-18-20-32(21-19-30)41(52)31-12-6-2-7-13-31)47-43(54)33(24-28-10-4-1-5-11-28)27-38(49)36(26-29-16-17-29)46-40(51)23-22-39(50)45-34/h2,6-7,12-13,18-23,28-29,33-36H,1,3-5,8-11,14-17,24-27H2,(H2,44,53)(H,45,50)(H,46,51)(H,47,54)/b23-22+/t33-,34+,35?,36+/m1/s1. The predicted molar refractivity (Wildman–Crippen MR) is 204 cm³/mol. The zero-order valence-electron chi connectivity index (χ0n) is 31.1. The van der Waals surface area contributed by atoms with E-state index < -0.39 is 41.8 Å². The van der Waals surface area contributed by atoms with Crippen LogP contribution in [0.15, 0.2) is 66.7 Å². The van der Waals surface area contributed by atoms with E-state index >= 15 is 0 Å². The second-order valence-electron chi connectivity index (χ2n) is 15.4. The molecule has 1 heterocycles. The van der Waals surface area contributed by atoms with Crippen LogP contribution in [0.1, 0.15) is 118 Å². The van der Waals surface area contributed by atoms with Gasteiger partial charge in [-0.2, -0.15) is 0 Å². The molecule has 11 heteroatoms. The van der Waals surface area contributed by atoms with E-state index in [0.717, 1.165) is 62.7 Å². The van der Waals surface area contributed by atoms with Gasteiger partial charge in [-0.25, -0.2) is 0 Å². The highest BCUT2D eigenvalue weighted by molar-refractivity contribution is 6.09. The second-order valence-corrected chi connectivity index (χ2v) is 15.4. The van der Waals surface area contributed by atoms with Crippen LogP contribution < -0.4 is 21.7 Å². The lowest BCUT2D eigenvalue weighted by Crippen LogP contribution is -2.47. The molecule has 2 fully saturated rings. The first-order valence-electron chi connectivity index (χ1n) is 19.7. The highest BCUT2D eigenvalue weighted by Gasteiger charge is 2.35. The fraction of sp³-hybridized carbons (Fsp3) is 0.512. The molecule has 2 aliphatic carbocycles. The Balaban J connectivity index is 1.39. The number of hydrogen-bond acceptors (Lipinski definition) is 7. The monoisotopic (exact) mass is 738 g/mol. The number of hydrogen-bond donors (Lipinski definition) is 4. The molecule has 5 rings (SSSR count). The van der Waals surface area contributed by atoms with Gasteiger partial charge in [0.15, 0.2) is 17.3 Å². The summed E-state index contributed by atoms with van der Waals surface area (Å²) in [6.07, 6.45) is 12.3. The largest absolute Gasteiger partial charge is 0.368 e. The van der Waals surface area contributed by atoms with Crippen molar-refractivity contribution in [1.29, 1.82) is 0 Å². The molecule has 54 heavy (non-hydrogen) atoms. The Bertz CT molecular complexity index is 1680. The molecule has 288 valence electrons. The van der Waals surface area contributed by atoms with E-state index in [1.807, 2.05) is 18.2 Å². The summed E-state index contributed by atoms with van der Waals surface area (Å²) in [6, 6.07) is 13.4. The molecule has 3 aliphatic rings. The number of carbonyl (C=O) groups is 7. The SMILES string of the molecule is NC(=O)[C@@H]1CCCCCC(=O)C(Cc2ccc(C(=O)c3ccccc3)cc2)NC(=O)[C@H](CC2CCCCC2)CC(=O)[C@H](CC2CC2)NC(=O)/C=C/C(=O)N1. The minimum absolute atomic E-state index is 0.0816. The van der Waals surface area contributed by atoms with Crippen molar-refractivity contribution in [3.05, 3.63) is 83.4 Å². The number of nitrogens with one attached hydrogen (secondary N) is 3. The average molecular weight is 739 g/mol. The smallest absolute Gasteiger partial charge is 0.244 e. The van der Waals surface area contributed by atoms with E-state index in [1.165, 1.54) is 0 Å². The van der Waals surface area contributed by atoms with Gasteiger partial charge < -0.3 is 21.7 Å². The zero-order chi connectivity index (χ0) is 38.5. The van der Waals surface area contributed by atoms with Crippen LogP contribution in [0.3, 0.4) is 0 Å². The Morgan fingerprint density at radius 1 is 0.611 bits per heavy atom. The lowest BCUT2D eigenvalue weighted by molar-refractivity contribution is -0.134. The molecular weight excluding hydrogens is 684 g/mol. The van der Waals surface area contributed by atoms with Gasteiger partial charge in [0, 0.05) is 42.0 Å². The van der Waals surface area contributed by atoms with E-state index in [4.69, 9.17) is 5.73 Å². The topological polar surface area (TPSA) is 182 Å². The molecule has 0 saturated heterocycles. The third-order valence-electron chi connectivity index (χ3n) is 11.0. The Kier molecular flexibility index (Phi) is 14.9. The summed E-state index contributed by atoms with van der Waals surface area (Å²) < 4.78 is 0. The van der Waals surface area contributed by atoms with Crippen LogP contribution in [-0.2, 0) is 35.2 Å². The lowest BCUT2D eigenvalue weighted by Gasteiger charge is -2.28. The second kappa shape index (κ2) is 19.9. The van der Waals surface area contributed by atoms with Crippen LogP contribution in [0.2, 0.25) is 0 Å². The Hall–Kier alpha value is -4.93. The first kappa shape index (κ1) is 40.3. The van der Waals surface area contributed by atoms with Crippen molar-refractivity contribution in [2.45, 2.75) is 121 Å². The summed E-state index contributed by atoms with van der Waals surface area (Å²) in [4.78, 5) is 92.8. The Morgan fingerprint density at radius 2 is 1.22 bits per heavy atom. The summed E-state index contributed by atoms with van der Waals surface area (Å²) >= 11 is 0. The number of carbonyl (C=O) groups excluding carboxylic acids is 7. The van der Waals surface area contributed by atoms with E-state index in [1.54, 1.807) is 36.4 Å². The Morgan fingerprint density at radius 3 is 1.89 bits per heavy atom. The van der Waals surface area contributed by atoms with Gasteiger partial charge in [0.1, 0.15) is 6.04 Å². The summed E-state index contributed by atoms with van der Waals surface area (Å²) in [7, 11) is 0. The minimum atomic E-state index is -0.958. The van der Waals surface area contributed by atoms with Crippen LogP contribution in [0.5, 0.6) is 0 Å². The van der Waals surface area contributed by atoms with Crippen molar-refractivity contribution in [2.24, 2.45) is 23.5 Å². The predicted octanol–water partition coefficient (Wildman–Crippen LogP) is 4.84. The normalized spacial score (nSPS) is 25.1. The molecule has 0 bridgehead atoms. The summed E-state index contributed by atoms with van der Waals surface area (Å²) in [5.41, 5.74) is 7.39. The molecule has 1 unspecified atom stereocenters. The number of nitrogens with two attached hydrogens (primary N) is 1. The van der Waals surface area contributed by atoms with Gasteiger partial charge in [-0.05, 0) is 49.5 Å². The van der Waals surface area contributed by atoms with Gasteiger partial charge in [0.05, 0.1) is 12.1 Å². The van der Waals surface area contributed by atoms with Gasteiger partial charge in [0.25, 0.3) is 0 Å². The maximum atomic E-state index is 14.3. The van der Waals surface area contributed by atoms with E-state index in [2.05, 4.69) is 16.0 Å². The number of rotatable bonds is 9. The van der Waals surface area contributed by atoms with Crippen molar-refractivity contribution in [3.8, 4) is 0 Å². The van der Waals surface area contributed by atoms with E-state index in [0.29, 0.717) is 43.2 Å². The molecule has 0 spiro atoms. The first-order chi connectivity index (χ1) is 26.0. The van der Waals surface area contributed by atoms with E-state index in [-0.39, 0.29) is 60.8 Å². The highest BCUT2D eigenvalue weighted by atomic mass is 16.2. The lowest BCUT2D eigenvalue weighted by atomic mass is 9.80. The maximum Gasteiger partial charge on any atom is 0.244 e. The van der Waals surface area contributed by atoms with E-state index in [9.17, 15) is 33.6 Å². The molecule has 4 atom stereocenters. The average Bonchev–Trinajstić information content (AvgIpc) is 4.00. The summed E-state index contributed by atoms with van der Waals surface area (Å²) in [5.74, 6) is -2.99. The minimum Gasteiger partial charge on any atom is -0.368 e. The van der Waals surface area contributed by atoms with Crippen molar-refractivity contribution in [1.82, 2.24) is 16.0 Å². The van der Waals surface area contributed by atoms with Crippen LogP contribution in [0, 0.1) is 17.8 Å². The van der Waals surface area contributed by atoms with Crippen molar-refractivity contribution in [2.75, 3.05) is 0 Å². The number of Topliss-reactive ketones (excluding diaryl/α,β-unsaturated/α-hetero) is 2. The third kappa shape index (κ3) is 12.6. The fourth-order valence-corrected chi connectivity index (χ4v) is 7.65. The first-order valence-corrected chi connectivity index (χ1v) is 19.7.